The Morgan fingerprint density at radius 3 is 2.65 bits per heavy atom. The maximum Gasteiger partial charge on any atom is 0.197 e. The first-order chi connectivity index (χ1) is 8.08. The van der Waals surface area contributed by atoms with Crippen molar-refractivity contribution < 1.29 is 4.42 Å². The first-order valence-corrected chi connectivity index (χ1v) is 6.32. The van der Waals surface area contributed by atoms with Gasteiger partial charge in [0.25, 0.3) is 0 Å². The molecule has 0 amide bonds. The van der Waals surface area contributed by atoms with Crippen LogP contribution in [0.2, 0.25) is 5.22 Å². The Morgan fingerprint density at radius 2 is 2.00 bits per heavy atom. The summed E-state index contributed by atoms with van der Waals surface area (Å²) in [5.41, 5.74) is 4.60. The van der Waals surface area contributed by atoms with Crippen LogP contribution in [0.1, 0.15) is 27.6 Å². The van der Waals surface area contributed by atoms with Gasteiger partial charge in [-0.05, 0) is 49.1 Å². The van der Waals surface area contributed by atoms with Crippen molar-refractivity contribution in [3.05, 3.63) is 58.0 Å². The highest BCUT2D eigenvalue weighted by atomic mass is 35.5. The molecule has 1 atom stereocenters. The molecule has 0 bridgehead atoms. The van der Waals surface area contributed by atoms with Gasteiger partial charge in [-0.2, -0.15) is 0 Å². The smallest absolute Gasteiger partial charge is 0.197 e. The van der Waals surface area contributed by atoms with Crippen LogP contribution in [0.3, 0.4) is 0 Å². The van der Waals surface area contributed by atoms with Crippen molar-refractivity contribution in [1.82, 2.24) is 0 Å². The number of hydrogen-bond acceptors (Lipinski definition) is 1. The lowest BCUT2D eigenvalue weighted by Crippen LogP contribution is -1.98. The third-order valence-electron chi connectivity index (χ3n) is 2.89. The average Bonchev–Trinajstić information content (AvgIpc) is 2.70. The first-order valence-electron chi connectivity index (χ1n) is 5.51. The monoisotopic (exact) mass is 268 g/mol. The summed E-state index contributed by atoms with van der Waals surface area (Å²) in [5, 5.41) is 0.233. The molecule has 1 unspecified atom stereocenters. The molecule has 0 spiro atoms. The molecule has 0 aliphatic heterocycles. The van der Waals surface area contributed by atoms with Crippen LogP contribution in [0.5, 0.6) is 0 Å². The number of hydrogen-bond donors (Lipinski definition) is 0. The fraction of sp³-hybridized carbons (Fsp3) is 0.286. The molecule has 1 aromatic heterocycles. The standard InChI is InChI=1S/C14H14Cl2O/c1-9-3-4-10(2)11(7-9)8-13(15)12-5-6-17-14(12)16/h3-7,13H,8H2,1-2H3. The highest BCUT2D eigenvalue weighted by Crippen LogP contribution is 2.32. The Bertz CT molecular complexity index is 517. The van der Waals surface area contributed by atoms with Crippen molar-refractivity contribution in [2.24, 2.45) is 0 Å². The summed E-state index contributed by atoms with van der Waals surface area (Å²) in [4.78, 5) is 0. The van der Waals surface area contributed by atoms with E-state index in [2.05, 4.69) is 32.0 Å². The highest BCUT2D eigenvalue weighted by Gasteiger charge is 2.15. The van der Waals surface area contributed by atoms with E-state index in [1.54, 1.807) is 6.26 Å². The van der Waals surface area contributed by atoms with E-state index in [-0.39, 0.29) is 5.38 Å². The van der Waals surface area contributed by atoms with Crippen LogP contribution < -0.4 is 0 Å². The van der Waals surface area contributed by atoms with Crippen molar-refractivity contribution in [3.8, 4) is 0 Å². The molecule has 0 saturated carbocycles. The molecule has 1 aromatic carbocycles. The van der Waals surface area contributed by atoms with E-state index >= 15 is 0 Å². The topological polar surface area (TPSA) is 13.1 Å². The normalized spacial score (nSPS) is 12.7. The molecule has 0 aliphatic carbocycles. The van der Waals surface area contributed by atoms with E-state index in [1.165, 1.54) is 16.7 Å². The second-order valence-electron chi connectivity index (χ2n) is 4.25. The van der Waals surface area contributed by atoms with Crippen LogP contribution in [0, 0.1) is 13.8 Å². The summed E-state index contributed by atoms with van der Waals surface area (Å²) in [6, 6.07) is 8.21. The maximum atomic E-state index is 6.37. The zero-order chi connectivity index (χ0) is 12.4. The number of aryl methyl sites for hydroxylation is 2. The Kier molecular flexibility index (Phi) is 3.80. The minimum atomic E-state index is -0.151. The van der Waals surface area contributed by atoms with Gasteiger partial charge in [-0.15, -0.1) is 11.6 Å². The van der Waals surface area contributed by atoms with Crippen LogP contribution >= 0.6 is 23.2 Å². The van der Waals surface area contributed by atoms with E-state index < -0.39 is 0 Å². The summed E-state index contributed by atoms with van der Waals surface area (Å²) in [5.74, 6) is 0. The van der Waals surface area contributed by atoms with Gasteiger partial charge in [-0.1, -0.05) is 23.8 Å². The van der Waals surface area contributed by atoms with Gasteiger partial charge in [0, 0.05) is 5.56 Å². The maximum absolute atomic E-state index is 6.37. The van der Waals surface area contributed by atoms with Crippen LogP contribution in [0.4, 0.5) is 0 Å². The predicted molar refractivity (Wildman–Crippen MR) is 71.9 cm³/mol. The Hall–Kier alpha value is -0.920. The van der Waals surface area contributed by atoms with Crippen LogP contribution in [0.15, 0.2) is 34.9 Å². The summed E-state index contributed by atoms with van der Waals surface area (Å²) < 4.78 is 5.06. The molecule has 0 N–H and O–H groups in total. The SMILES string of the molecule is Cc1ccc(C)c(CC(Cl)c2ccoc2Cl)c1. The van der Waals surface area contributed by atoms with Crippen molar-refractivity contribution in [2.45, 2.75) is 25.6 Å². The zero-order valence-electron chi connectivity index (χ0n) is 9.84. The molecule has 90 valence electrons. The molecule has 2 aromatic rings. The number of furan rings is 1. The van der Waals surface area contributed by atoms with E-state index in [0.29, 0.717) is 5.22 Å². The van der Waals surface area contributed by atoms with Gasteiger partial charge in [0.05, 0.1) is 11.6 Å². The number of alkyl halides is 1. The van der Waals surface area contributed by atoms with E-state index in [4.69, 9.17) is 27.6 Å². The molecule has 1 nitrogen and oxygen atoms in total. The summed E-state index contributed by atoms with van der Waals surface area (Å²) in [6.45, 7) is 4.17. The van der Waals surface area contributed by atoms with Crippen molar-refractivity contribution in [2.75, 3.05) is 0 Å². The van der Waals surface area contributed by atoms with Gasteiger partial charge in [-0.25, -0.2) is 0 Å². The van der Waals surface area contributed by atoms with Crippen molar-refractivity contribution >= 4 is 23.2 Å². The molecule has 0 fully saturated rings. The lowest BCUT2D eigenvalue weighted by Gasteiger charge is -2.11. The average molecular weight is 269 g/mol. The predicted octanol–water partition coefficient (Wildman–Crippen LogP) is 5.07. The molecule has 0 aliphatic rings. The Balaban J connectivity index is 2.21. The van der Waals surface area contributed by atoms with Crippen LogP contribution in [0.25, 0.3) is 0 Å². The molecule has 0 radical (unpaired) electrons. The van der Waals surface area contributed by atoms with Crippen LogP contribution in [-0.2, 0) is 6.42 Å². The van der Waals surface area contributed by atoms with E-state index in [9.17, 15) is 0 Å². The van der Waals surface area contributed by atoms with Gasteiger partial charge in [-0.3, -0.25) is 0 Å². The second kappa shape index (κ2) is 5.16. The van der Waals surface area contributed by atoms with Gasteiger partial charge in [0.2, 0.25) is 0 Å². The Morgan fingerprint density at radius 1 is 1.24 bits per heavy atom. The van der Waals surface area contributed by atoms with E-state index in [1.807, 2.05) is 6.07 Å². The Labute approximate surface area is 111 Å². The third kappa shape index (κ3) is 2.85. The van der Waals surface area contributed by atoms with Gasteiger partial charge in [0.15, 0.2) is 5.22 Å². The molecular weight excluding hydrogens is 255 g/mol. The molecule has 0 saturated heterocycles. The fourth-order valence-electron chi connectivity index (χ4n) is 1.85. The van der Waals surface area contributed by atoms with Crippen molar-refractivity contribution in [3.63, 3.8) is 0 Å². The van der Waals surface area contributed by atoms with Gasteiger partial charge < -0.3 is 4.42 Å². The highest BCUT2D eigenvalue weighted by molar-refractivity contribution is 6.31. The van der Waals surface area contributed by atoms with Crippen molar-refractivity contribution in [1.29, 1.82) is 0 Å². The molecule has 17 heavy (non-hydrogen) atoms. The fourth-order valence-corrected chi connectivity index (χ4v) is 2.49. The summed E-state index contributed by atoms with van der Waals surface area (Å²) in [7, 11) is 0. The van der Waals surface area contributed by atoms with Gasteiger partial charge >= 0.3 is 0 Å². The zero-order valence-corrected chi connectivity index (χ0v) is 11.3. The third-order valence-corrected chi connectivity index (χ3v) is 3.58. The minimum absolute atomic E-state index is 0.151. The quantitative estimate of drug-likeness (QED) is 0.709. The number of rotatable bonds is 3. The van der Waals surface area contributed by atoms with E-state index in [0.717, 1.165) is 12.0 Å². The second-order valence-corrected chi connectivity index (χ2v) is 5.12. The molecule has 1 heterocycles. The summed E-state index contributed by atoms with van der Waals surface area (Å²) in [6.07, 6.45) is 2.32. The lowest BCUT2D eigenvalue weighted by atomic mass is 9.99. The molecule has 3 heteroatoms. The largest absolute Gasteiger partial charge is 0.453 e. The lowest BCUT2D eigenvalue weighted by molar-refractivity contribution is 0.565. The van der Waals surface area contributed by atoms with Crippen LogP contribution in [-0.4, -0.2) is 0 Å². The summed E-state index contributed by atoms with van der Waals surface area (Å²) >= 11 is 12.3. The minimum Gasteiger partial charge on any atom is -0.453 e. The molecular formula is C14H14Cl2O. The molecule has 2 rings (SSSR count). The number of halogens is 2. The number of benzene rings is 1. The van der Waals surface area contributed by atoms with Gasteiger partial charge in [0.1, 0.15) is 0 Å². The first kappa shape index (κ1) is 12.5.